The highest BCUT2D eigenvalue weighted by Gasteiger charge is 2.33. The van der Waals surface area contributed by atoms with Crippen molar-refractivity contribution in [3.63, 3.8) is 0 Å². The molecular formula is C16H16F3N5O. The highest BCUT2D eigenvalue weighted by atomic mass is 19.4. The second-order valence-electron chi connectivity index (χ2n) is 5.53. The van der Waals surface area contributed by atoms with Gasteiger partial charge in [-0.05, 0) is 18.2 Å². The first-order valence-electron chi connectivity index (χ1n) is 7.68. The number of amides is 1. The van der Waals surface area contributed by atoms with Crippen LogP contribution in [0.25, 0.3) is 5.82 Å². The number of hydrogen-bond donors (Lipinski definition) is 1. The lowest BCUT2D eigenvalue weighted by atomic mass is 10.2. The van der Waals surface area contributed by atoms with Gasteiger partial charge in [-0.15, -0.1) is 0 Å². The SMILES string of the molecule is O=C(NCCN1CC=CC1)c1ccnc(-n2ccc(C(F)(F)F)n2)c1. The van der Waals surface area contributed by atoms with Crippen molar-refractivity contribution in [1.29, 1.82) is 0 Å². The summed E-state index contributed by atoms with van der Waals surface area (Å²) in [6.07, 6.45) is 2.13. The summed E-state index contributed by atoms with van der Waals surface area (Å²) < 4.78 is 38.9. The minimum Gasteiger partial charge on any atom is -0.351 e. The maximum Gasteiger partial charge on any atom is 0.435 e. The van der Waals surface area contributed by atoms with E-state index >= 15 is 0 Å². The summed E-state index contributed by atoms with van der Waals surface area (Å²) in [6, 6.07) is 3.77. The zero-order valence-electron chi connectivity index (χ0n) is 13.2. The third kappa shape index (κ3) is 4.24. The lowest BCUT2D eigenvalue weighted by molar-refractivity contribution is -0.141. The molecule has 0 saturated carbocycles. The van der Waals surface area contributed by atoms with Gasteiger partial charge in [0.1, 0.15) is 0 Å². The molecule has 0 aliphatic carbocycles. The topological polar surface area (TPSA) is 63.1 Å². The van der Waals surface area contributed by atoms with Gasteiger partial charge < -0.3 is 5.32 Å². The lowest BCUT2D eigenvalue weighted by Gasteiger charge is -2.14. The molecular weight excluding hydrogens is 335 g/mol. The van der Waals surface area contributed by atoms with Crippen molar-refractivity contribution in [1.82, 2.24) is 25.0 Å². The highest BCUT2D eigenvalue weighted by molar-refractivity contribution is 5.94. The molecule has 0 saturated heterocycles. The van der Waals surface area contributed by atoms with Gasteiger partial charge in [0.25, 0.3) is 5.91 Å². The lowest BCUT2D eigenvalue weighted by Crippen LogP contribution is -2.33. The fourth-order valence-electron chi connectivity index (χ4n) is 2.42. The van der Waals surface area contributed by atoms with Crippen LogP contribution in [0.4, 0.5) is 13.2 Å². The number of carbonyl (C=O) groups is 1. The Bertz CT molecular complexity index is 776. The molecule has 132 valence electrons. The Balaban J connectivity index is 1.64. The van der Waals surface area contributed by atoms with E-state index in [4.69, 9.17) is 0 Å². The maximum absolute atomic E-state index is 12.6. The van der Waals surface area contributed by atoms with Crippen molar-refractivity contribution in [3.05, 3.63) is 54.0 Å². The molecule has 2 aromatic rings. The molecule has 1 aliphatic rings. The summed E-state index contributed by atoms with van der Waals surface area (Å²) in [4.78, 5) is 18.3. The van der Waals surface area contributed by atoms with E-state index in [2.05, 4.69) is 32.5 Å². The van der Waals surface area contributed by atoms with Crippen molar-refractivity contribution < 1.29 is 18.0 Å². The Labute approximate surface area is 142 Å². The number of pyridine rings is 1. The molecule has 3 rings (SSSR count). The second-order valence-corrected chi connectivity index (χ2v) is 5.53. The van der Waals surface area contributed by atoms with Gasteiger partial charge in [0.2, 0.25) is 0 Å². The van der Waals surface area contributed by atoms with E-state index in [0.717, 1.165) is 36.6 Å². The fraction of sp³-hybridized carbons (Fsp3) is 0.312. The minimum atomic E-state index is -4.52. The molecule has 0 fully saturated rings. The van der Waals surface area contributed by atoms with Crippen LogP contribution in [0.5, 0.6) is 0 Å². The summed E-state index contributed by atoms with van der Waals surface area (Å²) in [5, 5.41) is 6.24. The number of alkyl halides is 3. The summed E-state index contributed by atoms with van der Waals surface area (Å²) >= 11 is 0. The minimum absolute atomic E-state index is 0.145. The molecule has 0 bridgehead atoms. The van der Waals surface area contributed by atoms with Crippen LogP contribution in [0, 0.1) is 0 Å². The van der Waals surface area contributed by atoms with Gasteiger partial charge in [0, 0.05) is 44.1 Å². The second kappa shape index (κ2) is 7.06. The Morgan fingerprint density at radius 1 is 1.24 bits per heavy atom. The van der Waals surface area contributed by atoms with E-state index in [9.17, 15) is 18.0 Å². The molecule has 3 heterocycles. The molecule has 0 spiro atoms. The van der Waals surface area contributed by atoms with Crippen LogP contribution >= 0.6 is 0 Å². The maximum atomic E-state index is 12.6. The van der Waals surface area contributed by atoms with Gasteiger partial charge in [0.15, 0.2) is 11.5 Å². The molecule has 2 aromatic heterocycles. The van der Waals surface area contributed by atoms with Crippen LogP contribution in [-0.2, 0) is 6.18 Å². The van der Waals surface area contributed by atoms with E-state index in [0.29, 0.717) is 12.1 Å². The van der Waals surface area contributed by atoms with Crippen molar-refractivity contribution in [2.75, 3.05) is 26.2 Å². The predicted octanol–water partition coefficient (Wildman–Crippen LogP) is 1.89. The van der Waals surface area contributed by atoms with Gasteiger partial charge in [0.05, 0.1) is 0 Å². The molecule has 0 atom stereocenters. The third-order valence-electron chi connectivity index (χ3n) is 3.73. The molecule has 6 nitrogen and oxygen atoms in total. The Morgan fingerprint density at radius 2 is 2.00 bits per heavy atom. The van der Waals surface area contributed by atoms with Crippen molar-refractivity contribution >= 4 is 5.91 Å². The molecule has 0 aromatic carbocycles. The van der Waals surface area contributed by atoms with Crippen LogP contribution in [0.2, 0.25) is 0 Å². The van der Waals surface area contributed by atoms with Crippen molar-refractivity contribution in [2.45, 2.75) is 6.18 Å². The number of aromatic nitrogens is 3. The first kappa shape index (κ1) is 17.2. The van der Waals surface area contributed by atoms with Gasteiger partial charge in [-0.1, -0.05) is 12.2 Å². The molecule has 9 heteroatoms. The molecule has 1 aliphatic heterocycles. The van der Waals surface area contributed by atoms with E-state index < -0.39 is 11.9 Å². The number of carbonyl (C=O) groups excluding carboxylic acids is 1. The Morgan fingerprint density at radius 3 is 2.68 bits per heavy atom. The average Bonchev–Trinajstić information content (AvgIpc) is 3.26. The number of nitrogens with zero attached hydrogens (tertiary/aromatic N) is 4. The number of halogens is 3. The normalized spacial score (nSPS) is 14.8. The van der Waals surface area contributed by atoms with Gasteiger partial charge in [-0.2, -0.15) is 18.3 Å². The van der Waals surface area contributed by atoms with Crippen molar-refractivity contribution in [3.8, 4) is 5.82 Å². The number of hydrogen-bond acceptors (Lipinski definition) is 4. The molecule has 0 unspecified atom stereocenters. The van der Waals surface area contributed by atoms with Crippen LogP contribution < -0.4 is 5.32 Å². The first-order chi connectivity index (χ1) is 11.9. The molecule has 0 radical (unpaired) electrons. The average molecular weight is 351 g/mol. The van der Waals surface area contributed by atoms with Gasteiger partial charge >= 0.3 is 6.18 Å². The van der Waals surface area contributed by atoms with Crippen LogP contribution in [0.1, 0.15) is 16.1 Å². The number of rotatable bonds is 5. The van der Waals surface area contributed by atoms with E-state index in [1.165, 1.54) is 18.3 Å². The van der Waals surface area contributed by atoms with Crippen LogP contribution in [-0.4, -0.2) is 51.8 Å². The zero-order chi connectivity index (χ0) is 17.9. The fourth-order valence-corrected chi connectivity index (χ4v) is 2.42. The highest BCUT2D eigenvalue weighted by Crippen LogP contribution is 2.27. The number of nitrogens with one attached hydrogen (secondary N) is 1. The van der Waals surface area contributed by atoms with E-state index in [-0.39, 0.29) is 11.7 Å². The standard InChI is InChI=1S/C16H16F3N5O/c17-16(18,19)13-4-9-24(22-13)14-11-12(3-5-20-14)15(25)21-6-10-23-7-1-2-8-23/h1-5,9,11H,6-8,10H2,(H,21,25). The summed E-state index contributed by atoms with van der Waals surface area (Å²) in [5.41, 5.74) is -0.697. The van der Waals surface area contributed by atoms with Crippen molar-refractivity contribution in [2.24, 2.45) is 0 Å². The Hall–Kier alpha value is -2.68. The summed E-state index contributed by atoms with van der Waals surface area (Å²) in [7, 11) is 0. The van der Waals surface area contributed by atoms with E-state index in [1.807, 2.05) is 0 Å². The molecule has 25 heavy (non-hydrogen) atoms. The first-order valence-corrected chi connectivity index (χ1v) is 7.68. The quantitative estimate of drug-likeness (QED) is 0.836. The smallest absolute Gasteiger partial charge is 0.351 e. The van der Waals surface area contributed by atoms with Crippen LogP contribution in [0.3, 0.4) is 0 Å². The predicted molar refractivity (Wildman–Crippen MR) is 84.3 cm³/mol. The van der Waals surface area contributed by atoms with Gasteiger partial charge in [-0.25, -0.2) is 9.67 Å². The largest absolute Gasteiger partial charge is 0.435 e. The summed E-state index contributed by atoms with van der Waals surface area (Å²) in [5.74, 6) is -0.161. The van der Waals surface area contributed by atoms with E-state index in [1.54, 1.807) is 0 Å². The van der Waals surface area contributed by atoms with Crippen LogP contribution in [0.15, 0.2) is 42.7 Å². The molecule has 1 amide bonds. The van der Waals surface area contributed by atoms with Gasteiger partial charge in [-0.3, -0.25) is 9.69 Å². The zero-order valence-corrected chi connectivity index (χ0v) is 13.2. The Kier molecular flexibility index (Phi) is 4.84. The monoisotopic (exact) mass is 351 g/mol. The molecule has 1 N–H and O–H groups in total. The summed E-state index contributed by atoms with van der Waals surface area (Å²) in [6.45, 7) is 2.95. The third-order valence-corrected chi connectivity index (χ3v) is 3.73.